The summed E-state index contributed by atoms with van der Waals surface area (Å²) in [4.78, 5) is 28.2. The van der Waals surface area contributed by atoms with Crippen molar-refractivity contribution in [2.75, 3.05) is 23.7 Å². The van der Waals surface area contributed by atoms with Crippen LogP contribution in [0, 0.1) is 0 Å². The number of carbonyl (C=O) groups is 2. The summed E-state index contributed by atoms with van der Waals surface area (Å²) in [6, 6.07) is 16.0. The number of nitrogens with zero attached hydrogens (tertiary/aromatic N) is 2. The molecule has 2 aromatic rings. The van der Waals surface area contributed by atoms with E-state index in [0.29, 0.717) is 31.0 Å². The summed E-state index contributed by atoms with van der Waals surface area (Å²) < 4.78 is 31.8. The van der Waals surface area contributed by atoms with Crippen molar-refractivity contribution < 1.29 is 22.7 Å². The monoisotopic (exact) mass is 543 g/mol. The molecule has 9 heteroatoms. The highest BCUT2D eigenvalue weighted by Gasteiger charge is 2.28. The first-order valence-electron chi connectivity index (χ1n) is 13.5. The van der Waals surface area contributed by atoms with Crippen LogP contribution in [0.25, 0.3) is 0 Å². The lowest BCUT2D eigenvalue weighted by Gasteiger charge is -2.31. The van der Waals surface area contributed by atoms with Crippen molar-refractivity contribution in [1.29, 1.82) is 0 Å². The number of carbonyl (C=O) groups excluding carboxylic acids is 2. The molecule has 0 spiro atoms. The molecule has 208 valence electrons. The average molecular weight is 544 g/mol. The molecule has 0 radical (unpaired) electrons. The minimum Gasteiger partial charge on any atom is -0.494 e. The van der Waals surface area contributed by atoms with Crippen molar-refractivity contribution in [3.63, 3.8) is 0 Å². The first-order chi connectivity index (χ1) is 18.2. The smallest absolute Gasteiger partial charge is 0.242 e. The van der Waals surface area contributed by atoms with E-state index in [4.69, 9.17) is 4.74 Å². The first-order valence-corrected chi connectivity index (χ1v) is 15.4. The Morgan fingerprint density at radius 2 is 1.68 bits per heavy atom. The van der Waals surface area contributed by atoms with Crippen LogP contribution in [0.15, 0.2) is 54.6 Å². The Labute approximate surface area is 227 Å². The summed E-state index contributed by atoms with van der Waals surface area (Å²) in [6.07, 6.45) is 6.95. The van der Waals surface area contributed by atoms with E-state index in [1.807, 2.05) is 37.3 Å². The maximum atomic E-state index is 13.4. The Hall–Kier alpha value is -3.07. The Balaban J connectivity index is 1.68. The summed E-state index contributed by atoms with van der Waals surface area (Å²) in [6.45, 7) is 4.64. The second-order valence-corrected chi connectivity index (χ2v) is 11.8. The minimum atomic E-state index is -3.55. The Bertz CT molecular complexity index is 1130. The summed E-state index contributed by atoms with van der Waals surface area (Å²) in [5.41, 5.74) is 1.45. The van der Waals surface area contributed by atoms with Gasteiger partial charge >= 0.3 is 0 Å². The third-order valence-electron chi connectivity index (χ3n) is 6.90. The normalized spacial score (nSPS) is 14.9. The number of sulfonamides is 1. The van der Waals surface area contributed by atoms with E-state index in [1.54, 1.807) is 36.1 Å². The van der Waals surface area contributed by atoms with Crippen LogP contribution in [-0.4, -0.2) is 56.6 Å². The highest BCUT2D eigenvalue weighted by molar-refractivity contribution is 7.92. The minimum absolute atomic E-state index is 0.122. The molecule has 1 N–H and O–H groups in total. The third kappa shape index (κ3) is 8.75. The van der Waals surface area contributed by atoms with Gasteiger partial charge in [-0.2, -0.15) is 0 Å². The summed E-state index contributed by atoms with van der Waals surface area (Å²) in [5.74, 6) is 0.338. The number of hydrogen-bond donors (Lipinski definition) is 1. The number of benzene rings is 2. The van der Waals surface area contributed by atoms with E-state index in [1.165, 1.54) is 10.7 Å². The SMILES string of the molecule is CCOc1ccc(N(CCCC(=O)N(Cc2ccccc2)[C@H](C)C(=O)NC2CCCCC2)S(C)(=O)=O)cc1. The molecular formula is C29H41N3O5S. The molecule has 1 fully saturated rings. The van der Waals surface area contributed by atoms with Crippen LogP contribution in [0.2, 0.25) is 0 Å². The van der Waals surface area contributed by atoms with Crippen molar-refractivity contribution in [3.8, 4) is 5.75 Å². The molecule has 0 saturated heterocycles. The molecule has 0 heterocycles. The van der Waals surface area contributed by atoms with E-state index in [9.17, 15) is 18.0 Å². The molecule has 2 aromatic carbocycles. The maximum Gasteiger partial charge on any atom is 0.242 e. The average Bonchev–Trinajstić information content (AvgIpc) is 2.90. The van der Waals surface area contributed by atoms with Gasteiger partial charge in [-0.25, -0.2) is 8.42 Å². The zero-order chi connectivity index (χ0) is 27.5. The quantitative estimate of drug-likeness (QED) is 0.401. The van der Waals surface area contributed by atoms with Crippen LogP contribution in [-0.2, 0) is 26.2 Å². The van der Waals surface area contributed by atoms with Gasteiger partial charge in [-0.05, 0) is 62.9 Å². The van der Waals surface area contributed by atoms with Gasteiger partial charge in [-0.1, -0.05) is 49.6 Å². The first kappa shape index (κ1) is 29.5. The highest BCUT2D eigenvalue weighted by atomic mass is 32.2. The van der Waals surface area contributed by atoms with Crippen molar-refractivity contribution in [1.82, 2.24) is 10.2 Å². The van der Waals surface area contributed by atoms with Gasteiger partial charge in [0.1, 0.15) is 11.8 Å². The maximum absolute atomic E-state index is 13.4. The summed E-state index contributed by atoms with van der Waals surface area (Å²) >= 11 is 0. The molecular weight excluding hydrogens is 502 g/mol. The zero-order valence-corrected chi connectivity index (χ0v) is 23.6. The van der Waals surface area contributed by atoms with Gasteiger partial charge in [-0.3, -0.25) is 13.9 Å². The number of anilines is 1. The Morgan fingerprint density at radius 3 is 2.29 bits per heavy atom. The molecule has 1 atom stereocenters. The highest BCUT2D eigenvalue weighted by Crippen LogP contribution is 2.23. The zero-order valence-electron chi connectivity index (χ0n) is 22.8. The molecule has 2 amide bonds. The Kier molecular flexibility index (Phi) is 11.0. The lowest BCUT2D eigenvalue weighted by molar-refractivity contribution is -0.141. The summed E-state index contributed by atoms with van der Waals surface area (Å²) in [5, 5.41) is 3.14. The third-order valence-corrected chi connectivity index (χ3v) is 8.10. The molecule has 1 saturated carbocycles. The van der Waals surface area contributed by atoms with E-state index in [0.717, 1.165) is 37.5 Å². The van der Waals surface area contributed by atoms with Crippen molar-refractivity contribution in [2.45, 2.75) is 77.4 Å². The Morgan fingerprint density at radius 1 is 1.03 bits per heavy atom. The van der Waals surface area contributed by atoms with E-state index < -0.39 is 16.1 Å². The van der Waals surface area contributed by atoms with Crippen LogP contribution in [0.5, 0.6) is 5.75 Å². The van der Waals surface area contributed by atoms with Crippen molar-refractivity contribution in [2.24, 2.45) is 0 Å². The standard InChI is InChI=1S/C29H41N3O5S/c1-4-37-27-19-17-26(18-20-27)32(38(3,35)36)21-11-16-28(33)31(22-24-12-7-5-8-13-24)23(2)29(34)30-25-14-9-6-10-15-25/h5,7-8,12-13,17-20,23,25H,4,6,9-11,14-16,21-22H2,1-3H3,(H,30,34)/t23-/m1/s1. The molecule has 8 nitrogen and oxygen atoms in total. The van der Waals surface area contributed by atoms with Crippen molar-refractivity contribution >= 4 is 27.5 Å². The van der Waals surface area contributed by atoms with Gasteiger partial charge in [0, 0.05) is 25.6 Å². The number of ether oxygens (including phenoxy) is 1. The lowest BCUT2D eigenvalue weighted by Crippen LogP contribution is -2.50. The molecule has 3 rings (SSSR count). The fraction of sp³-hybridized carbons (Fsp3) is 0.517. The van der Waals surface area contributed by atoms with E-state index in [2.05, 4.69) is 5.32 Å². The van der Waals surface area contributed by atoms with E-state index in [-0.39, 0.29) is 30.8 Å². The van der Waals surface area contributed by atoms with Gasteiger partial charge in [-0.15, -0.1) is 0 Å². The number of rotatable bonds is 13. The number of hydrogen-bond acceptors (Lipinski definition) is 5. The fourth-order valence-corrected chi connectivity index (χ4v) is 5.78. The molecule has 0 aliphatic heterocycles. The molecule has 0 bridgehead atoms. The van der Waals surface area contributed by atoms with Crippen LogP contribution < -0.4 is 14.4 Å². The van der Waals surface area contributed by atoms with E-state index >= 15 is 0 Å². The number of nitrogens with one attached hydrogen (secondary N) is 1. The van der Waals surface area contributed by atoms with Crippen LogP contribution in [0.3, 0.4) is 0 Å². The fourth-order valence-electron chi connectivity index (χ4n) is 4.81. The van der Waals surface area contributed by atoms with Gasteiger partial charge in [0.2, 0.25) is 21.8 Å². The van der Waals surface area contributed by atoms with Gasteiger partial charge in [0.05, 0.1) is 18.6 Å². The predicted molar refractivity (Wildman–Crippen MR) is 151 cm³/mol. The van der Waals surface area contributed by atoms with Gasteiger partial charge < -0.3 is 15.0 Å². The van der Waals surface area contributed by atoms with Gasteiger partial charge in [0.25, 0.3) is 0 Å². The summed E-state index contributed by atoms with van der Waals surface area (Å²) in [7, 11) is -3.55. The molecule has 0 unspecified atom stereocenters. The molecule has 0 aromatic heterocycles. The van der Waals surface area contributed by atoms with Crippen LogP contribution >= 0.6 is 0 Å². The molecule has 1 aliphatic carbocycles. The largest absolute Gasteiger partial charge is 0.494 e. The van der Waals surface area contributed by atoms with Crippen LogP contribution in [0.4, 0.5) is 5.69 Å². The van der Waals surface area contributed by atoms with Gasteiger partial charge in [0.15, 0.2) is 0 Å². The van der Waals surface area contributed by atoms with Crippen molar-refractivity contribution in [3.05, 3.63) is 60.2 Å². The molecule has 1 aliphatic rings. The second-order valence-electron chi connectivity index (χ2n) is 9.89. The van der Waals surface area contributed by atoms with Crippen LogP contribution in [0.1, 0.15) is 64.4 Å². The lowest BCUT2D eigenvalue weighted by atomic mass is 9.95. The topological polar surface area (TPSA) is 96.0 Å². The second kappa shape index (κ2) is 14.2. The number of amides is 2. The predicted octanol–water partition coefficient (Wildman–Crippen LogP) is 4.50. The molecule has 38 heavy (non-hydrogen) atoms.